The topological polar surface area (TPSA) is 93.3 Å². The van der Waals surface area contributed by atoms with Crippen LogP contribution in [0.2, 0.25) is 0 Å². The van der Waals surface area contributed by atoms with Crippen LogP contribution in [-0.4, -0.2) is 21.0 Å². The maximum absolute atomic E-state index is 11.1. The Hall–Kier alpha value is -2.76. The molecule has 108 valence electrons. The number of nitro groups is 1. The van der Waals surface area contributed by atoms with Crippen molar-refractivity contribution in [2.75, 3.05) is 0 Å². The number of hydrogen-bond donors (Lipinski definition) is 1. The Kier molecular flexibility index (Phi) is 4.27. The second-order valence-corrected chi connectivity index (χ2v) is 4.59. The maximum atomic E-state index is 11.1. The summed E-state index contributed by atoms with van der Waals surface area (Å²) in [5.74, 6) is -1.19. The molecule has 0 atom stereocenters. The van der Waals surface area contributed by atoms with Crippen LogP contribution in [0.15, 0.2) is 36.5 Å². The van der Waals surface area contributed by atoms with E-state index in [-0.39, 0.29) is 11.3 Å². The fourth-order valence-electron chi connectivity index (χ4n) is 1.98. The van der Waals surface area contributed by atoms with Crippen LogP contribution in [0.5, 0.6) is 0 Å². The van der Waals surface area contributed by atoms with Crippen molar-refractivity contribution in [2.24, 2.45) is 0 Å². The van der Waals surface area contributed by atoms with E-state index >= 15 is 0 Å². The number of aromatic nitrogens is 1. The predicted octanol–water partition coefficient (Wildman–Crippen LogP) is 2.84. The molecule has 6 nitrogen and oxygen atoms in total. The molecule has 2 aromatic rings. The lowest BCUT2D eigenvalue weighted by Crippen LogP contribution is -2.02. The molecule has 0 spiro atoms. The molecular weight excluding hydrogens is 272 g/mol. The Labute approximate surface area is 121 Å². The summed E-state index contributed by atoms with van der Waals surface area (Å²) >= 11 is 0. The van der Waals surface area contributed by atoms with Gasteiger partial charge in [-0.2, -0.15) is 0 Å². The molecule has 0 radical (unpaired) electrons. The van der Waals surface area contributed by atoms with E-state index in [4.69, 9.17) is 5.11 Å². The molecule has 0 saturated carbocycles. The Balaban J connectivity index is 2.34. The van der Waals surface area contributed by atoms with Crippen LogP contribution < -0.4 is 0 Å². The number of carbonyl (C=O) groups is 1. The quantitative estimate of drug-likeness (QED) is 0.673. The predicted molar refractivity (Wildman–Crippen MR) is 76.5 cm³/mol. The number of rotatable bonds is 5. The molecule has 1 aromatic heterocycles. The third-order valence-corrected chi connectivity index (χ3v) is 3.19. The van der Waals surface area contributed by atoms with Gasteiger partial charge < -0.3 is 5.11 Å². The van der Waals surface area contributed by atoms with E-state index in [0.29, 0.717) is 17.7 Å². The summed E-state index contributed by atoms with van der Waals surface area (Å²) in [6.07, 6.45) is 2.91. The van der Waals surface area contributed by atoms with E-state index < -0.39 is 10.9 Å². The average molecular weight is 286 g/mol. The van der Waals surface area contributed by atoms with Gasteiger partial charge in [0.1, 0.15) is 0 Å². The summed E-state index contributed by atoms with van der Waals surface area (Å²) in [6.45, 7) is 2.02. The number of nitrogens with zero attached hydrogens (tertiary/aromatic N) is 2. The molecule has 1 N–H and O–H groups in total. The molecule has 21 heavy (non-hydrogen) atoms. The summed E-state index contributed by atoms with van der Waals surface area (Å²) < 4.78 is 0. The van der Waals surface area contributed by atoms with Gasteiger partial charge in [0, 0.05) is 29.9 Å². The number of pyridine rings is 1. The summed E-state index contributed by atoms with van der Waals surface area (Å²) in [5, 5.41) is 20.0. The molecule has 0 aliphatic heterocycles. The van der Waals surface area contributed by atoms with Crippen LogP contribution in [0, 0.1) is 10.1 Å². The third-order valence-electron chi connectivity index (χ3n) is 3.19. The van der Waals surface area contributed by atoms with E-state index in [2.05, 4.69) is 4.98 Å². The van der Waals surface area contributed by atoms with E-state index in [0.717, 1.165) is 18.1 Å². The van der Waals surface area contributed by atoms with Gasteiger partial charge >= 0.3 is 5.97 Å². The molecule has 1 aromatic carbocycles. The highest BCUT2D eigenvalue weighted by Crippen LogP contribution is 2.23. The van der Waals surface area contributed by atoms with Crippen molar-refractivity contribution in [3.8, 4) is 0 Å². The van der Waals surface area contributed by atoms with E-state index in [1.165, 1.54) is 12.1 Å². The number of hydrogen-bond acceptors (Lipinski definition) is 4. The highest BCUT2D eigenvalue weighted by Gasteiger charge is 2.17. The smallest absolute Gasteiger partial charge is 0.335 e. The highest BCUT2D eigenvalue weighted by molar-refractivity contribution is 5.88. The molecule has 0 saturated heterocycles. The van der Waals surface area contributed by atoms with Crippen molar-refractivity contribution in [3.63, 3.8) is 0 Å². The molecule has 0 fully saturated rings. The molecule has 6 heteroatoms. The van der Waals surface area contributed by atoms with Crippen molar-refractivity contribution in [1.29, 1.82) is 0 Å². The van der Waals surface area contributed by atoms with Crippen LogP contribution in [0.3, 0.4) is 0 Å². The minimum absolute atomic E-state index is 0.0975. The summed E-state index contributed by atoms with van der Waals surface area (Å²) in [4.78, 5) is 25.7. The molecule has 0 amide bonds. The van der Waals surface area contributed by atoms with Crippen molar-refractivity contribution in [3.05, 3.63) is 69.0 Å². The first kappa shape index (κ1) is 14.6. The lowest BCUT2D eigenvalue weighted by Gasteiger charge is -2.05. The highest BCUT2D eigenvalue weighted by atomic mass is 16.6. The third kappa shape index (κ3) is 3.42. The number of benzene rings is 1. The zero-order chi connectivity index (χ0) is 15.4. The fourth-order valence-corrected chi connectivity index (χ4v) is 1.98. The van der Waals surface area contributed by atoms with Gasteiger partial charge in [-0.3, -0.25) is 15.1 Å². The standard InChI is InChI=1S/C15H14N2O4/c1-2-10-3-6-13(16-9-10)7-11-4-5-12(15(18)19)8-14(11)17(20)21/h3-6,8-9H,2,7H2,1H3,(H,18,19). The monoisotopic (exact) mass is 286 g/mol. The second-order valence-electron chi connectivity index (χ2n) is 4.59. The Morgan fingerprint density at radius 3 is 2.62 bits per heavy atom. The molecule has 0 unspecified atom stereocenters. The van der Waals surface area contributed by atoms with Gasteiger partial charge in [-0.25, -0.2) is 4.79 Å². The van der Waals surface area contributed by atoms with Crippen LogP contribution in [0.1, 0.15) is 34.1 Å². The molecule has 0 aliphatic carbocycles. The number of carboxylic acids is 1. The van der Waals surface area contributed by atoms with Gasteiger partial charge in [0.15, 0.2) is 0 Å². The van der Waals surface area contributed by atoms with Gasteiger partial charge in [0.05, 0.1) is 10.5 Å². The Bertz CT molecular complexity index is 681. The zero-order valence-corrected chi connectivity index (χ0v) is 11.4. The molecule has 0 aliphatic rings. The molecule has 0 bridgehead atoms. The maximum Gasteiger partial charge on any atom is 0.335 e. The fraction of sp³-hybridized carbons (Fsp3) is 0.200. The second kappa shape index (κ2) is 6.13. The van der Waals surface area contributed by atoms with E-state index in [1.807, 2.05) is 19.1 Å². The van der Waals surface area contributed by atoms with Crippen molar-refractivity contribution < 1.29 is 14.8 Å². The van der Waals surface area contributed by atoms with Crippen LogP contribution in [-0.2, 0) is 12.8 Å². The first-order valence-electron chi connectivity index (χ1n) is 6.45. The normalized spacial score (nSPS) is 10.3. The van der Waals surface area contributed by atoms with Gasteiger partial charge in [0.2, 0.25) is 0 Å². The van der Waals surface area contributed by atoms with Gasteiger partial charge in [-0.05, 0) is 24.1 Å². The van der Waals surface area contributed by atoms with Gasteiger partial charge in [-0.15, -0.1) is 0 Å². The van der Waals surface area contributed by atoms with Crippen molar-refractivity contribution in [2.45, 2.75) is 19.8 Å². The molecular formula is C15H14N2O4. The summed E-state index contributed by atoms with van der Waals surface area (Å²) in [6, 6.07) is 7.67. The lowest BCUT2D eigenvalue weighted by molar-refractivity contribution is -0.385. The zero-order valence-electron chi connectivity index (χ0n) is 11.4. The van der Waals surface area contributed by atoms with Crippen molar-refractivity contribution in [1.82, 2.24) is 4.98 Å². The van der Waals surface area contributed by atoms with Gasteiger partial charge in [0.25, 0.3) is 5.69 Å². The SMILES string of the molecule is CCc1ccc(Cc2ccc(C(=O)O)cc2[N+](=O)[O-])nc1. The van der Waals surface area contributed by atoms with Crippen LogP contribution in [0.25, 0.3) is 0 Å². The number of carboxylic acid groups (broad SMARTS) is 1. The minimum atomic E-state index is -1.19. The summed E-state index contributed by atoms with van der Waals surface area (Å²) in [7, 11) is 0. The number of nitro benzene ring substituents is 1. The van der Waals surface area contributed by atoms with Crippen molar-refractivity contribution >= 4 is 11.7 Å². The number of aromatic carboxylic acids is 1. The number of aryl methyl sites for hydroxylation is 1. The minimum Gasteiger partial charge on any atom is -0.478 e. The van der Waals surface area contributed by atoms with E-state index in [1.54, 1.807) is 6.20 Å². The lowest BCUT2D eigenvalue weighted by atomic mass is 10.0. The summed E-state index contributed by atoms with van der Waals surface area (Å²) in [5.41, 5.74) is 1.95. The first-order chi connectivity index (χ1) is 10.0. The van der Waals surface area contributed by atoms with Crippen LogP contribution in [0.4, 0.5) is 5.69 Å². The Morgan fingerprint density at radius 2 is 2.10 bits per heavy atom. The molecule has 2 rings (SSSR count). The largest absolute Gasteiger partial charge is 0.478 e. The van der Waals surface area contributed by atoms with Gasteiger partial charge in [-0.1, -0.05) is 19.1 Å². The van der Waals surface area contributed by atoms with E-state index in [9.17, 15) is 14.9 Å². The van der Waals surface area contributed by atoms with Crippen LogP contribution >= 0.6 is 0 Å². The molecule has 1 heterocycles. The first-order valence-corrected chi connectivity index (χ1v) is 6.45. The Morgan fingerprint density at radius 1 is 1.33 bits per heavy atom. The average Bonchev–Trinajstić information content (AvgIpc) is 2.48.